The van der Waals surface area contributed by atoms with Crippen molar-refractivity contribution in [3.8, 4) is 5.75 Å². The van der Waals surface area contributed by atoms with Crippen LogP contribution in [-0.4, -0.2) is 38.7 Å². The molecule has 1 amide bonds. The molecule has 0 spiro atoms. The predicted molar refractivity (Wildman–Crippen MR) is 95.9 cm³/mol. The summed E-state index contributed by atoms with van der Waals surface area (Å²) in [6.07, 6.45) is 4.33. The lowest BCUT2D eigenvalue weighted by atomic mass is 10.2. The highest BCUT2D eigenvalue weighted by Gasteiger charge is 2.29. The number of pyridine rings is 1. The molecule has 0 saturated heterocycles. The van der Waals surface area contributed by atoms with Gasteiger partial charge in [0.25, 0.3) is 0 Å². The average molecular weight is 363 g/mol. The van der Waals surface area contributed by atoms with Crippen molar-refractivity contribution >= 4 is 21.6 Å². The number of amides is 1. The molecular weight excluding hydrogens is 342 g/mol. The van der Waals surface area contributed by atoms with Crippen LogP contribution in [0.5, 0.6) is 5.75 Å². The lowest BCUT2D eigenvalue weighted by molar-refractivity contribution is -0.122. The number of rotatable bonds is 7. The van der Waals surface area contributed by atoms with Gasteiger partial charge < -0.3 is 10.1 Å². The zero-order valence-electron chi connectivity index (χ0n) is 14.3. The van der Waals surface area contributed by atoms with E-state index in [1.54, 1.807) is 55.7 Å². The summed E-state index contributed by atoms with van der Waals surface area (Å²) in [5, 5.41) is 2.75. The molecule has 1 N–H and O–H groups in total. The fourth-order valence-corrected chi connectivity index (χ4v) is 3.56. The third kappa shape index (κ3) is 4.93. The maximum atomic E-state index is 12.5. The Labute approximate surface area is 147 Å². The Morgan fingerprint density at radius 2 is 1.96 bits per heavy atom. The lowest BCUT2D eigenvalue weighted by Crippen LogP contribution is -2.47. The molecule has 0 aliphatic rings. The zero-order valence-corrected chi connectivity index (χ0v) is 15.2. The van der Waals surface area contributed by atoms with Crippen LogP contribution in [-0.2, 0) is 21.4 Å². The highest BCUT2D eigenvalue weighted by molar-refractivity contribution is 7.92. The smallest absolute Gasteiger partial charge is 0.243 e. The van der Waals surface area contributed by atoms with Crippen molar-refractivity contribution in [3.63, 3.8) is 0 Å². The lowest BCUT2D eigenvalue weighted by Gasteiger charge is -2.28. The molecule has 0 aliphatic carbocycles. The summed E-state index contributed by atoms with van der Waals surface area (Å²) in [4.78, 5) is 16.4. The summed E-state index contributed by atoms with van der Waals surface area (Å²) in [5.74, 6) is 0.112. The summed E-state index contributed by atoms with van der Waals surface area (Å²) in [6, 6.07) is 9.22. The zero-order chi connectivity index (χ0) is 18.4. The average Bonchev–Trinajstić information content (AvgIpc) is 2.59. The van der Waals surface area contributed by atoms with Crippen LogP contribution in [0, 0.1) is 0 Å². The fraction of sp³-hybridized carbons (Fsp3) is 0.294. The van der Waals surface area contributed by atoms with Crippen LogP contribution < -0.4 is 14.4 Å². The third-order valence-corrected chi connectivity index (χ3v) is 4.85. The van der Waals surface area contributed by atoms with Crippen molar-refractivity contribution in [2.24, 2.45) is 0 Å². The van der Waals surface area contributed by atoms with Crippen LogP contribution in [0.4, 0.5) is 5.69 Å². The van der Waals surface area contributed by atoms with Gasteiger partial charge in [0.2, 0.25) is 15.9 Å². The Balaban J connectivity index is 2.20. The van der Waals surface area contributed by atoms with Gasteiger partial charge in [0, 0.05) is 25.0 Å². The van der Waals surface area contributed by atoms with Crippen molar-refractivity contribution in [1.82, 2.24) is 10.3 Å². The molecule has 0 radical (unpaired) electrons. The summed E-state index contributed by atoms with van der Waals surface area (Å²) in [5.41, 5.74) is 1.25. The number of carbonyl (C=O) groups excluding carboxylic acids is 1. The van der Waals surface area contributed by atoms with Gasteiger partial charge in [-0.1, -0.05) is 6.07 Å². The monoisotopic (exact) mass is 363 g/mol. The van der Waals surface area contributed by atoms with E-state index in [1.807, 2.05) is 0 Å². The summed E-state index contributed by atoms with van der Waals surface area (Å²) >= 11 is 0. The van der Waals surface area contributed by atoms with E-state index >= 15 is 0 Å². The second-order valence-electron chi connectivity index (χ2n) is 5.51. The number of nitrogens with one attached hydrogen (secondary N) is 1. The van der Waals surface area contributed by atoms with Crippen LogP contribution in [0.3, 0.4) is 0 Å². The van der Waals surface area contributed by atoms with Crippen molar-refractivity contribution in [3.05, 3.63) is 54.4 Å². The van der Waals surface area contributed by atoms with Crippen LogP contribution in [0.15, 0.2) is 48.8 Å². The molecule has 0 fully saturated rings. The number of carbonyl (C=O) groups is 1. The second kappa shape index (κ2) is 7.98. The van der Waals surface area contributed by atoms with E-state index < -0.39 is 22.0 Å². The van der Waals surface area contributed by atoms with E-state index in [1.165, 1.54) is 7.11 Å². The van der Waals surface area contributed by atoms with E-state index in [4.69, 9.17) is 4.74 Å². The topological polar surface area (TPSA) is 88.6 Å². The van der Waals surface area contributed by atoms with Crippen molar-refractivity contribution in [2.45, 2.75) is 19.5 Å². The third-order valence-electron chi connectivity index (χ3n) is 3.61. The van der Waals surface area contributed by atoms with E-state index in [0.29, 0.717) is 18.0 Å². The minimum Gasteiger partial charge on any atom is -0.497 e. The summed E-state index contributed by atoms with van der Waals surface area (Å²) < 4.78 is 30.7. The standard InChI is InChI=1S/C17H21N3O4S/c1-13(17(21)19-12-14-7-9-18-10-8-14)20(25(3,22)23)15-5-4-6-16(11-15)24-2/h4-11,13H,12H2,1-3H3,(H,19,21). The van der Waals surface area contributed by atoms with Gasteiger partial charge in [0.05, 0.1) is 19.1 Å². The molecule has 0 bridgehead atoms. The Kier molecular flexibility index (Phi) is 5.97. The number of anilines is 1. The van der Waals surface area contributed by atoms with E-state index in [-0.39, 0.29) is 0 Å². The minimum absolute atomic E-state index is 0.293. The highest BCUT2D eigenvalue weighted by atomic mass is 32.2. The molecule has 2 rings (SSSR count). The molecule has 1 heterocycles. The number of hydrogen-bond donors (Lipinski definition) is 1. The second-order valence-corrected chi connectivity index (χ2v) is 7.37. The Morgan fingerprint density at radius 1 is 1.28 bits per heavy atom. The molecule has 1 aromatic heterocycles. The molecule has 0 aliphatic heterocycles. The van der Waals surface area contributed by atoms with Gasteiger partial charge in [-0.15, -0.1) is 0 Å². The Morgan fingerprint density at radius 3 is 2.56 bits per heavy atom. The number of methoxy groups -OCH3 is 1. The van der Waals surface area contributed by atoms with Gasteiger partial charge in [-0.3, -0.25) is 14.1 Å². The van der Waals surface area contributed by atoms with Crippen LogP contribution in [0.1, 0.15) is 12.5 Å². The summed E-state index contributed by atoms with van der Waals surface area (Å²) in [6.45, 7) is 1.84. The van der Waals surface area contributed by atoms with E-state index in [0.717, 1.165) is 16.1 Å². The normalized spacial score (nSPS) is 12.3. The minimum atomic E-state index is -3.66. The quantitative estimate of drug-likeness (QED) is 0.806. The maximum absolute atomic E-state index is 12.5. The van der Waals surface area contributed by atoms with Crippen molar-refractivity contribution in [1.29, 1.82) is 0 Å². The molecule has 1 aromatic carbocycles. The van der Waals surface area contributed by atoms with Crippen LogP contribution >= 0.6 is 0 Å². The molecule has 7 nitrogen and oxygen atoms in total. The van der Waals surface area contributed by atoms with Gasteiger partial charge >= 0.3 is 0 Å². The fourth-order valence-electron chi connectivity index (χ4n) is 2.39. The number of nitrogens with zero attached hydrogens (tertiary/aromatic N) is 2. The molecule has 2 aromatic rings. The van der Waals surface area contributed by atoms with Gasteiger partial charge in [-0.2, -0.15) is 0 Å². The maximum Gasteiger partial charge on any atom is 0.243 e. The predicted octanol–water partition coefficient (Wildman–Crippen LogP) is 1.56. The van der Waals surface area contributed by atoms with E-state index in [9.17, 15) is 13.2 Å². The van der Waals surface area contributed by atoms with Crippen molar-refractivity contribution < 1.29 is 17.9 Å². The van der Waals surface area contributed by atoms with Crippen LogP contribution in [0.25, 0.3) is 0 Å². The van der Waals surface area contributed by atoms with Gasteiger partial charge in [0.15, 0.2) is 0 Å². The number of hydrogen-bond acceptors (Lipinski definition) is 5. The van der Waals surface area contributed by atoms with Crippen molar-refractivity contribution in [2.75, 3.05) is 17.7 Å². The van der Waals surface area contributed by atoms with Gasteiger partial charge in [0.1, 0.15) is 11.8 Å². The van der Waals surface area contributed by atoms with Gasteiger partial charge in [-0.05, 0) is 36.8 Å². The molecule has 1 unspecified atom stereocenters. The first-order chi connectivity index (χ1) is 11.8. The number of aromatic nitrogens is 1. The largest absolute Gasteiger partial charge is 0.497 e. The first-order valence-electron chi connectivity index (χ1n) is 7.63. The molecule has 1 atom stereocenters. The van der Waals surface area contributed by atoms with Gasteiger partial charge in [-0.25, -0.2) is 8.42 Å². The number of sulfonamides is 1. The molecule has 25 heavy (non-hydrogen) atoms. The number of ether oxygens (including phenoxy) is 1. The molecule has 8 heteroatoms. The summed E-state index contributed by atoms with van der Waals surface area (Å²) in [7, 11) is -2.17. The molecule has 0 saturated carbocycles. The van der Waals surface area contributed by atoms with E-state index in [2.05, 4.69) is 10.3 Å². The molecule has 134 valence electrons. The first kappa shape index (κ1) is 18.7. The van der Waals surface area contributed by atoms with Crippen LogP contribution in [0.2, 0.25) is 0 Å². The SMILES string of the molecule is COc1cccc(N(C(C)C(=O)NCc2ccncc2)S(C)(=O)=O)c1. The first-order valence-corrected chi connectivity index (χ1v) is 9.48. The Bertz CT molecular complexity index is 825. The Hall–Kier alpha value is -2.61. The highest BCUT2D eigenvalue weighted by Crippen LogP contribution is 2.25. The molecular formula is C17H21N3O4S. The number of benzene rings is 1.